The largest absolute Gasteiger partial charge is 0.494 e. The molecule has 8 heteroatoms. The Hall–Kier alpha value is -5.21. The molecule has 0 bridgehead atoms. The number of aromatic nitrogens is 2. The zero-order chi connectivity index (χ0) is 31.8. The molecular formula is C38H33N3O4S. The summed E-state index contributed by atoms with van der Waals surface area (Å²) in [7, 11) is 0. The lowest BCUT2D eigenvalue weighted by molar-refractivity contribution is -0.139. The molecular weight excluding hydrogens is 595 g/mol. The minimum atomic E-state index is -0.680. The Kier molecular flexibility index (Phi) is 7.88. The number of benzene rings is 4. The smallest absolute Gasteiger partial charge is 0.338 e. The van der Waals surface area contributed by atoms with Gasteiger partial charge in [-0.3, -0.25) is 9.36 Å². The van der Waals surface area contributed by atoms with Crippen LogP contribution in [0.4, 0.5) is 0 Å². The van der Waals surface area contributed by atoms with E-state index in [1.165, 1.54) is 27.7 Å². The highest BCUT2D eigenvalue weighted by Gasteiger charge is 2.33. The van der Waals surface area contributed by atoms with Gasteiger partial charge in [0.05, 0.1) is 35.1 Å². The first-order valence-electron chi connectivity index (χ1n) is 15.4. The highest BCUT2D eigenvalue weighted by molar-refractivity contribution is 7.07. The fraction of sp³-hybridized carbons (Fsp3) is 0.184. The standard InChI is InChI=1S/C38H33N3O4S/c1-4-44-29-19-17-26(18-20-29)35-34(37(43)45-5-2)24(3)39-38-41(35)36(42)33(46-38)21-28-23-40(32-16-9-8-15-31(28)32)22-27-13-10-12-25-11-6-7-14-30(25)27/h6-21,23,35H,4-5,22H2,1-3H3/b33-21-/t35-/m0/s1. The molecule has 1 aliphatic heterocycles. The molecule has 0 aliphatic carbocycles. The van der Waals surface area contributed by atoms with Gasteiger partial charge in [-0.2, -0.15) is 0 Å². The van der Waals surface area contributed by atoms with Crippen molar-refractivity contribution in [2.75, 3.05) is 13.2 Å². The van der Waals surface area contributed by atoms with Crippen LogP contribution in [0.5, 0.6) is 5.75 Å². The fourth-order valence-corrected chi connectivity index (χ4v) is 7.33. The predicted octanol–water partition coefficient (Wildman–Crippen LogP) is 6.35. The summed E-state index contributed by atoms with van der Waals surface area (Å²) in [4.78, 5) is 32.8. The molecule has 0 saturated heterocycles. The number of carbonyl (C=O) groups excluding carboxylic acids is 1. The molecule has 0 radical (unpaired) electrons. The molecule has 0 amide bonds. The van der Waals surface area contributed by atoms with Crippen LogP contribution in [0.2, 0.25) is 0 Å². The first-order valence-corrected chi connectivity index (χ1v) is 16.3. The van der Waals surface area contributed by atoms with Crippen molar-refractivity contribution in [2.45, 2.75) is 33.4 Å². The summed E-state index contributed by atoms with van der Waals surface area (Å²) in [6.07, 6.45) is 4.06. The number of fused-ring (bicyclic) bond motifs is 3. The van der Waals surface area contributed by atoms with E-state index >= 15 is 0 Å². The van der Waals surface area contributed by atoms with Crippen LogP contribution >= 0.6 is 11.3 Å². The van der Waals surface area contributed by atoms with Gasteiger partial charge in [-0.15, -0.1) is 0 Å². The SMILES string of the molecule is CCOC(=O)C1=C(C)N=c2s/c(=C\c3cn(Cc4cccc5ccccc45)c4ccccc34)c(=O)n2[C@H]1c1ccc(OCC)cc1. The van der Waals surface area contributed by atoms with Crippen LogP contribution in [0.15, 0.2) is 118 Å². The van der Waals surface area contributed by atoms with Crippen molar-refractivity contribution >= 4 is 45.1 Å². The second-order valence-electron chi connectivity index (χ2n) is 11.2. The van der Waals surface area contributed by atoms with Crippen molar-refractivity contribution in [2.24, 2.45) is 4.99 Å². The van der Waals surface area contributed by atoms with Gasteiger partial charge in [0.1, 0.15) is 5.75 Å². The summed E-state index contributed by atoms with van der Waals surface area (Å²) in [5, 5.41) is 3.48. The summed E-state index contributed by atoms with van der Waals surface area (Å²) in [5.41, 5.74) is 4.72. The molecule has 0 fully saturated rings. The van der Waals surface area contributed by atoms with E-state index in [2.05, 4.69) is 65.4 Å². The summed E-state index contributed by atoms with van der Waals surface area (Å²) >= 11 is 1.33. The van der Waals surface area contributed by atoms with Gasteiger partial charge in [-0.05, 0) is 66.9 Å². The van der Waals surface area contributed by atoms with Crippen molar-refractivity contribution in [3.8, 4) is 5.75 Å². The number of hydrogen-bond donors (Lipinski definition) is 0. The molecule has 3 heterocycles. The average Bonchev–Trinajstić information content (AvgIpc) is 3.57. The number of para-hydroxylation sites is 1. The Bertz CT molecular complexity index is 2320. The molecule has 0 unspecified atom stereocenters. The molecule has 230 valence electrons. The van der Waals surface area contributed by atoms with Gasteiger partial charge < -0.3 is 14.0 Å². The van der Waals surface area contributed by atoms with E-state index in [0.29, 0.717) is 33.8 Å². The molecule has 4 aromatic carbocycles. The Balaban J connectivity index is 1.36. The first-order chi connectivity index (χ1) is 22.5. The normalized spacial score (nSPS) is 14.8. The Morgan fingerprint density at radius 1 is 0.913 bits per heavy atom. The summed E-state index contributed by atoms with van der Waals surface area (Å²) in [5.74, 6) is 0.241. The highest BCUT2D eigenvalue weighted by atomic mass is 32.1. The third-order valence-electron chi connectivity index (χ3n) is 8.35. The Labute approximate surface area is 270 Å². The minimum absolute atomic E-state index is 0.206. The second kappa shape index (κ2) is 12.3. The lowest BCUT2D eigenvalue weighted by atomic mass is 9.96. The number of carbonyl (C=O) groups is 1. The number of esters is 1. The lowest BCUT2D eigenvalue weighted by Gasteiger charge is -2.24. The third kappa shape index (κ3) is 5.24. The monoisotopic (exact) mass is 627 g/mol. The minimum Gasteiger partial charge on any atom is -0.494 e. The van der Waals surface area contributed by atoms with E-state index < -0.39 is 12.0 Å². The van der Waals surface area contributed by atoms with Crippen LogP contribution in [0.1, 0.15) is 43.5 Å². The molecule has 46 heavy (non-hydrogen) atoms. The van der Waals surface area contributed by atoms with Gasteiger partial charge in [0.2, 0.25) is 0 Å². The van der Waals surface area contributed by atoms with Gasteiger partial charge in [-0.25, -0.2) is 9.79 Å². The van der Waals surface area contributed by atoms with E-state index in [1.54, 1.807) is 18.4 Å². The molecule has 2 aromatic heterocycles. The topological polar surface area (TPSA) is 74.8 Å². The number of rotatable bonds is 8. The van der Waals surface area contributed by atoms with E-state index in [1.807, 2.05) is 49.4 Å². The van der Waals surface area contributed by atoms with Gasteiger partial charge in [0, 0.05) is 29.2 Å². The molecule has 7 nitrogen and oxygen atoms in total. The molecule has 6 aromatic rings. The van der Waals surface area contributed by atoms with Crippen molar-refractivity contribution in [1.82, 2.24) is 9.13 Å². The predicted molar refractivity (Wildman–Crippen MR) is 183 cm³/mol. The van der Waals surface area contributed by atoms with Crippen molar-refractivity contribution in [3.05, 3.63) is 145 Å². The number of thiazole rings is 1. The average molecular weight is 628 g/mol. The quantitative estimate of drug-likeness (QED) is 0.184. The lowest BCUT2D eigenvalue weighted by Crippen LogP contribution is -2.39. The number of nitrogens with zero attached hydrogens (tertiary/aromatic N) is 3. The molecule has 7 rings (SSSR count). The maximum absolute atomic E-state index is 14.3. The fourth-order valence-electron chi connectivity index (χ4n) is 6.30. The van der Waals surface area contributed by atoms with Gasteiger partial charge >= 0.3 is 5.97 Å². The van der Waals surface area contributed by atoms with E-state index in [4.69, 9.17) is 14.5 Å². The Morgan fingerprint density at radius 2 is 1.65 bits per heavy atom. The van der Waals surface area contributed by atoms with Crippen LogP contribution in [0.25, 0.3) is 27.8 Å². The van der Waals surface area contributed by atoms with Crippen LogP contribution in [-0.4, -0.2) is 28.3 Å². The van der Waals surface area contributed by atoms with Crippen LogP contribution < -0.4 is 19.6 Å². The van der Waals surface area contributed by atoms with Crippen LogP contribution in [0, 0.1) is 0 Å². The van der Waals surface area contributed by atoms with E-state index in [0.717, 1.165) is 27.8 Å². The van der Waals surface area contributed by atoms with Gasteiger partial charge in [0.15, 0.2) is 4.80 Å². The molecule has 0 saturated carbocycles. The third-order valence-corrected chi connectivity index (χ3v) is 9.33. The zero-order valence-electron chi connectivity index (χ0n) is 25.9. The number of ether oxygens (including phenoxy) is 2. The van der Waals surface area contributed by atoms with Crippen molar-refractivity contribution < 1.29 is 14.3 Å². The summed E-state index contributed by atoms with van der Waals surface area (Å²) < 4.78 is 15.5. The second-order valence-corrected chi connectivity index (χ2v) is 12.2. The summed E-state index contributed by atoms with van der Waals surface area (Å²) in [6, 6.07) is 29.9. The molecule has 1 aliphatic rings. The number of allylic oxidation sites excluding steroid dienone is 1. The van der Waals surface area contributed by atoms with E-state index in [9.17, 15) is 9.59 Å². The Morgan fingerprint density at radius 3 is 2.43 bits per heavy atom. The van der Waals surface area contributed by atoms with Crippen LogP contribution in [0.3, 0.4) is 0 Å². The van der Waals surface area contributed by atoms with Crippen LogP contribution in [-0.2, 0) is 16.1 Å². The maximum atomic E-state index is 14.3. The molecule has 0 spiro atoms. The van der Waals surface area contributed by atoms with Crippen molar-refractivity contribution in [1.29, 1.82) is 0 Å². The maximum Gasteiger partial charge on any atom is 0.338 e. The van der Waals surface area contributed by atoms with E-state index in [-0.39, 0.29) is 12.2 Å². The van der Waals surface area contributed by atoms with Gasteiger partial charge in [0.25, 0.3) is 5.56 Å². The number of hydrogen-bond acceptors (Lipinski definition) is 6. The molecule has 0 N–H and O–H groups in total. The first kappa shape index (κ1) is 29.5. The van der Waals surface area contributed by atoms with Gasteiger partial charge in [-0.1, -0.05) is 84.1 Å². The zero-order valence-corrected chi connectivity index (χ0v) is 26.7. The highest BCUT2D eigenvalue weighted by Crippen LogP contribution is 2.32. The molecule has 1 atom stereocenters. The summed E-state index contributed by atoms with van der Waals surface area (Å²) in [6.45, 7) is 6.95. The van der Waals surface area contributed by atoms with Crippen molar-refractivity contribution in [3.63, 3.8) is 0 Å².